The van der Waals surface area contributed by atoms with Crippen LogP contribution in [0.1, 0.15) is 50.3 Å². The van der Waals surface area contributed by atoms with Gasteiger partial charge in [-0.3, -0.25) is 0 Å². The van der Waals surface area contributed by atoms with E-state index in [1.807, 2.05) is 7.05 Å². The van der Waals surface area contributed by atoms with Crippen LogP contribution in [0.25, 0.3) is 0 Å². The van der Waals surface area contributed by atoms with Crippen molar-refractivity contribution in [3.8, 4) is 5.75 Å². The van der Waals surface area contributed by atoms with Crippen LogP contribution in [0.4, 0.5) is 0 Å². The van der Waals surface area contributed by atoms with Crippen LogP contribution in [0.2, 0.25) is 0 Å². The summed E-state index contributed by atoms with van der Waals surface area (Å²) >= 11 is 0. The molecular weight excluding hydrogens is 198 g/mol. The molecule has 0 spiro atoms. The highest BCUT2D eigenvalue weighted by Gasteiger charge is 2.26. The van der Waals surface area contributed by atoms with Gasteiger partial charge in [0.1, 0.15) is 5.75 Å². The molecule has 0 saturated carbocycles. The van der Waals surface area contributed by atoms with E-state index in [-0.39, 0.29) is 0 Å². The molecule has 2 atom stereocenters. The largest absolute Gasteiger partial charge is 0.490 e. The van der Waals surface area contributed by atoms with Crippen LogP contribution in [-0.4, -0.2) is 13.2 Å². The Bertz CT molecular complexity index is 373. The van der Waals surface area contributed by atoms with Crippen LogP contribution < -0.4 is 10.1 Å². The normalized spacial score (nSPS) is 24.1. The maximum absolute atomic E-state index is 6.02. The average molecular weight is 219 g/mol. The monoisotopic (exact) mass is 219 g/mol. The maximum atomic E-state index is 6.02. The molecule has 2 unspecified atom stereocenters. The van der Waals surface area contributed by atoms with Gasteiger partial charge >= 0.3 is 0 Å². The minimum Gasteiger partial charge on any atom is -0.490 e. The first kappa shape index (κ1) is 11.5. The number of nitrogens with one attached hydrogen (secondary N) is 1. The second-order valence-corrected chi connectivity index (χ2v) is 4.93. The summed E-state index contributed by atoms with van der Waals surface area (Å²) in [6.07, 6.45) is 1.34. The second kappa shape index (κ2) is 4.46. The zero-order chi connectivity index (χ0) is 11.7. The van der Waals surface area contributed by atoms with E-state index in [2.05, 4.69) is 44.3 Å². The van der Waals surface area contributed by atoms with Gasteiger partial charge in [0, 0.05) is 18.0 Å². The SMILES string of the molecule is CNC1CC(C)Oc2c(C(C)C)cccc21. The van der Waals surface area contributed by atoms with E-state index in [1.54, 1.807) is 0 Å². The predicted octanol–water partition coefficient (Wildman–Crippen LogP) is 3.24. The summed E-state index contributed by atoms with van der Waals surface area (Å²) in [4.78, 5) is 0. The minimum absolute atomic E-state index is 0.296. The Hall–Kier alpha value is -1.02. The molecule has 1 aromatic carbocycles. The molecule has 2 heteroatoms. The van der Waals surface area contributed by atoms with Crippen molar-refractivity contribution in [1.29, 1.82) is 0 Å². The van der Waals surface area contributed by atoms with Gasteiger partial charge in [0.15, 0.2) is 0 Å². The van der Waals surface area contributed by atoms with Gasteiger partial charge in [0.2, 0.25) is 0 Å². The van der Waals surface area contributed by atoms with E-state index < -0.39 is 0 Å². The van der Waals surface area contributed by atoms with Gasteiger partial charge in [-0.25, -0.2) is 0 Å². The van der Waals surface area contributed by atoms with Gasteiger partial charge in [-0.2, -0.15) is 0 Å². The highest BCUT2D eigenvalue weighted by molar-refractivity contribution is 5.46. The molecule has 0 radical (unpaired) electrons. The summed E-state index contributed by atoms with van der Waals surface area (Å²) < 4.78 is 6.02. The van der Waals surface area contributed by atoms with Crippen LogP contribution in [0, 0.1) is 0 Å². The molecule has 1 aliphatic heterocycles. The van der Waals surface area contributed by atoms with Crippen molar-refractivity contribution in [1.82, 2.24) is 5.32 Å². The van der Waals surface area contributed by atoms with E-state index >= 15 is 0 Å². The molecule has 1 heterocycles. The lowest BCUT2D eigenvalue weighted by Gasteiger charge is -2.32. The third-order valence-corrected chi connectivity index (χ3v) is 3.31. The van der Waals surface area contributed by atoms with Crippen molar-refractivity contribution in [3.63, 3.8) is 0 Å². The molecule has 1 N–H and O–H groups in total. The van der Waals surface area contributed by atoms with Crippen LogP contribution >= 0.6 is 0 Å². The standard InChI is InChI=1S/C14H21NO/c1-9(2)11-6-5-7-12-13(15-4)8-10(3)16-14(11)12/h5-7,9-10,13,15H,8H2,1-4H3. The average Bonchev–Trinajstić information content (AvgIpc) is 2.26. The Labute approximate surface area is 98.0 Å². The summed E-state index contributed by atoms with van der Waals surface area (Å²) in [5, 5.41) is 3.38. The van der Waals surface area contributed by atoms with Gasteiger partial charge in [-0.05, 0) is 25.5 Å². The zero-order valence-corrected chi connectivity index (χ0v) is 10.6. The fourth-order valence-electron chi connectivity index (χ4n) is 2.42. The lowest BCUT2D eigenvalue weighted by Crippen LogP contribution is -2.30. The van der Waals surface area contributed by atoms with Crippen molar-refractivity contribution in [3.05, 3.63) is 29.3 Å². The van der Waals surface area contributed by atoms with E-state index in [0.29, 0.717) is 18.1 Å². The van der Waals surface area contributed by atoms with Crippen molar-refractivity contribution < 1.29 is 4.74 Å². The summed E-state index contributed by atoms with van der Waals surface area (Å²) in [5.74, 6) is 1.62. The summed E-state index contributed by atoms with van der Waals surface area (Å²) in [6, 6.07) is 6.91. The molecule has 1 aromatic rings. The number of para-hydroxylation sites is 1. The first-order chi connectivity index (χ1) is 7.63. The highest BCUT2D eigenvalue weighted by atomic mass is 16.5. The lowest BCUT2D eigenvalue weighted by molar-refractivity contribution is 0.166. The Balaban J connectivity index is 2.48. The van der Waals surface area contributed by atoms with Gasteiger partial charge in [0.25, 0.3) is 0 Å². The number of hydrogen-bond donors (Lipinski definition) is 1. The van der Waals surface area contributed by atoms with Gasteiger partial charge in [-0.15, -0.1) is 0 Å². The van der Waals surface area contributed by atoms with E-state index in [0.717, 1.165) is 12.2 Å². The van der Waals surface area contributed by atoms with E-state index in [9.17, 15) is 0 Å². The third-order valence-electron chi connectivity index (χ3n) is 3.31. The van der Waals surface area contributed by atoms with Crippen LogP contribution in [-0.2, 0) is 0 Å². The van der Waals surface area contributed by atoms with Gasteiger partial charge in [0.05, 0.1) is 6.10 Å². The van der Waals surface area contributed by atoms with Gasteiger partial charge in [-0.1, -0.05) is 32.0 Å². The van der Waals surface area contributed by atoms with Crippen molar-refractivity contribution in [2.24, 2.45) is 0 Å². The topological polar surface area (TPSA) is 21.3 Å². The molecule has 1 aliphatic rings. The first-order valence-corrected chi connectivity index (χ1v) is 6.10. The Morgan fingerprint density at radius 2 is 2.12 bits per heavy atom. The summed E-state index contributed by atoms with van der Waals surface area (Å²) in [7, 11) is 2.02. The third kappa shape index (κ3) is 1.94. The number of hydrogen-bond acceptors (Lipinski definition) is 2. The number of benzene rings is 1. The zero-order valence-electron chi connectivity index (χ0n) is 10.6. The predicted molar refractivity (Wildman–Crippen MR) is 67.0 cm³/mol. The molecule has 88 valence electrons. The smallest absolute Gasteiger partial charge is 0.127 e. The molecule has 2 rings (SSSR count). The number of ether oxygens (including phenoxy) is 1. The lowest BCUT2D eigenvalue weighted by atomic mass is 9.91. The van der Waals surface area contributed by atoms with E-state index in [4.69, 9.17) is 4.74 Å². The molecule has 0 saturated heterocycles. The van der Waals surface area contributed by atoms with Crippen molar-refractivity contribution in [2.75, 3.05) is 7.05 Å². The van der Waals surface area contributed by atoms with Crippen LogP contribution in [0.15, 0.2) is 18.2 Å². The molecule has 0 bridgehead atoms. The summed E-state index contributed by atoms with van der Waals surface area (Å²) in [5.41, 5.74) is 2.64. The molecule has 2 nitrogen and oxygen atoms in total. The molecular formula is C14H21NO. The van der Waals surface area contributed by atoms with Crippen molar-refractivity contribution >= 4 is 0 Å². The molecule has 0 aromatic heterocycles. The second-order valence-electron chi connectivity index (χ2n) is 4.93. The fraction of sp³-hybridized carbons (Fsp3) is 0.571. The number of fused-ring (bicyclic) bond motifs is 1. The summed E-state index contributed by atoms with van der Waals surface area (Å²) in [6.45, 7) is 6.57. The fourth-order valence-corrected chi connectivity index (χ4v) is 2.42. The number of rotatable bonds is 2. The minimum atomic E-state index is 0.296. The van der Waals surface area contributed by atoms with E-state index in [1.165, 1.54) is 11.1 Å². The quantitative estimate of drug-likeness (QED) is 0.824. The van der Waals surface area contributed by atoms with Gasteiger partial charge < -0.3 is 10.1 Å². The van der Waals surface area contributed by atoms with Crippen LogP contribution in [0.5, 0.6) is 5.75 Å². The maximum Gasteiger partial charge on any atom is 0.127 e. The van der Waals surface area contributed by atoms with Crippen LogP contribution in [0.3, 0.4) is 0 Å². The Morgan fingerprint density at radius 3 is 2.75 bits per heavy atom. The van der Waals surface area contributed by atoms with Crippen molar-refractivity contribution in [2.45, 2.75) is 45.3 Å². The highest BCUT2D eigenvalue weighted by Crippen LogP contribution is 2.39. The molecule has 0 aliphatic carbocycles. The Morgan fingerprint density at radius 1 is 1.38 bits per heavy atom. The first-order valence-electron chi connectivity index (χ1n) is 6.10. The Kier molecular flexibility index (Phi) is 3.20. The molecule has 0 amide bonds. The molecule has 16 heavy (non-hydrogen) atoms. The molecule has 0 fully saturated rings.